The molecule has 0 N–H and O–H groups in total. The smallest absolute Gasteiger partial charge is 0.387 e. The number of anilines is 1. The summed E-state index contributed by atoms with van der Waals surface area (Å²) in [5.74, 6) is -0.608. The highest BCUT2D eigenvalue weighted by atomic mass is 35.5. The topological polar surface area (TPSA) is 122 Å². The average molecular weight is 737 g/mol. The first kappa shape index (κ1) is 35.4. The lowest BCUT2D eigenvalue weighted by molar-refractivity contribution is -0.605. The number of rotatable bonds is 15. The van der Waals surface area contributed by atoms with Gasteiger partial charge < -0.3 is 24.2 Å². The highest BCUT2D eigenvalue weighted by Crippen LogP contribution is 2.38. The highest BCUT2D eigenvalue weighted by Gasteiger charge is 2.28. The molecule has 1 aliphatic heterocycles. The number of benzene rings is 1. The van der Waals surface area contributed by atoms with Crippen LogP contribution in [0.1, 0.15) is 39.7 Å². The van der Waals surface area contributed by atoms with Gasteiger partial charge in [0.15, 0.2) is 23.9 Å². The molecular formula is C30H33Cl2F2N3O8S2. The van der Waals surface area contributed by atoms with Crippen LogP contribution in [0.25, 0.3) is 0 Å². The van der Waals surface area contributed by atoms with Crippen LogP contribution in [-0.2, 0) is 25.9 Å². The van der Waals surface area contributed by atoms with E-state index in [0.29, 0.717) is 66.2 Å². The van der Waals surface area contributed by atoms with Crippen molar-refractivity contribution in [2.45, 2.75) is 32.0 Å². The maximum atomic E-state index is 13.6. The van der Waals surface area contributed by atoms with Gasteiger partial charge in [0, 0.05) is 38.2 Å². The van der Waals surface area contributed by atoms with Gasteiger partial charge in [-0.3, -0.25) is 9.21 Å². The summed E-state index contributed by atoms with van der Waals surface area (Å²) in [7, 11) is -3.68. The van der Waals surface area contributed by atoms with Gasteiger partial charge in [0.25, 0.3) is 0 Å². The predicted octanol–water partition coefficient (Wildman–Crippen LogP) is 5.32. The summed E-state index contributed by atoms with van der Waals surface area (Å²) in [6, 6.07) is 7.21. The molecule has 1 saturated carbocycles. The molecule has 2 fully saturated rings. The van der Waals surface area contributed by atoms with E-state index in [1.165, 1.54) is 34.6 Å². The Hall–Kier alpha value is -2.95. The molecule has 5 rings (SSSR count). The number of halogens is 4. The first-order chi connectivity index (χ1) is 22.4. The van der Waals surface area contributed by atoms with Crippen molar-refractivity contribution >= 4 is 55.5 Å². The Morgan fingerprint density at radius 1 is 1.15 bits per heavy atom. The van der Waals surface area contributed by atoms with Crippen LogP contribution < -0.4 is 18.5 Å². The van der Waals surface area contributed by atoms with Gasteiger partial charge in [0.05, 0.1) is 26.1 Å². The van der Waals surface area contributed by atoms with E-state index in [-0.39, 0.29) is 39.4 Å². The average Bonchev–Trinajstić information content (AvgIpc) is 3.71. The van der Waals surface area contributed by atoms with Crippen molar-refractivity contribution in [2.24, 2.45) is 5.92 Å². The third kappa shape index (κ3) is 9.80. The van der Waals surface area contributed by atoms with Gasteiger partial charge in [-0.2, -0.15) is 13.5 Å². The number of carbonyl (C=O) groups excluding carboxylic acids is 1. The number of thiophene rings is 1. The van der Waals surface area contributed by atoms with Crippen molar-refractivity contribution in [2.75, 3.05) is 56.6 Å². The molecule has 47 heavy (non-hydrogen) atoms. The molecule has 3 aromatic rings. The molecule has 17 heteroatoms. The molecule has 1 atom stereocenters. The van der Waals surface area contributed by atoms with E-state index in [4.69, 9.17) is 37.4 Å². The van der Waals surface area contributed by atoms with Crippen LogP contribution in [-0.4, -0.2) is 78.2 Å². The number of aromatic nitrogens is 1. The number of nitrogens with zero attached hydrogens (tertiary/aromatic N) is 3. The molecule has 1 aromatic carbocycles. The molecule has 0 amide bonds. The van der Waals surface area contributed by atoms with Gasteiger partial charge in [-0.15, -0.1) is 11.3 Å². The third-order valence-electron chi connectivity index (χ3n) is 7.59. The molecule has 0 bridgehead atoms. The number of ether oxygens (including phenoxy) is 4. The zero-order chi connectivity index (χ0) is 33.7. The molecule has 2 aromatic heterocycles. The monoisotopic (exact) mass is 735 g/mol. The largest absolute Gasteiger partial charge is 0.619 e. The van der Waals surface area contributed by atoms with Gasteiger partial charge in [-0.1, -0.05) is 29.3 Å². The lowest BCUT2D eigenvalue weighted by atomic mass is 10.0. The number of sulfonamides is 1. The number of hydrogen-bond acceptors (Lipinski definition) is 10. The Kier molecular flexibility index (Phi) is 11.7. The lowest BCUT2D eigenvalue weighted by Gasteiger charge is -2.29. The second kappa shape index (κ2) is 15.5. The molecule has 1 aliphatic carbocycles. The molecule has 256 valence electrons. The van der Waals surface area contributed by atoms with Crippen molar-refractivity contribution in [3.63, 3.8) is 0 Å². The zero-order valence-electron chi connectivity index (χ0n) is 25.3. The van der Waals surface area contributed by atoms with E-state index in [1.54, 1.807) is 0 Å². The van der Waals surface area contributed by atoms with E-state index in [2.05, 4.69) is 9.64 Å². The maximum Gasteiger partial charge on any atom is 0.387 e. The first-order valence-corrected chi connectivity index (χ1v) is 18.2. The summed E-state index contributed by atoms with van der Waals surface area (Å²) in [4.78, 5) is 15.8. The first-order valence-electron chi connectivity index (χ1n) is 14.7. The van der Waals surface area contributed by atoms with Crippen molar-refractivity contribution in [3.05, 3.63) is 74.0 Å². The van der Waals surface area contributed by atoms with Crippen molar-refractivity contribution in [1.82, 2.24) is 4.90 Å². The standard InChI is InChI=1S/C30H33Cl2F2N3O8S2/c1-47(40,41)37(9-8-35-10-12-42-13-11-35)28-7-6-27(46-28)29(38)44-25(15-21-22(31)16-36(39)17-23(21)32)20-4-5-24(45-30(33)34)26(14-20)43-18-19-2-3-19/h4-7,14,16-17,19,25,30H,2-3,8-13,15,18H2,1H3/t25-/m0/s1. The minimum absolute atomic E-state index is 0.0267. The SMILES string of the molecule is CS(=O)(=O)N(CCN1CCOCC1)c1ccc(C(=O)O[C@@H](Cc2c(Cl)c[n+]([O-])cc2Cl)c2ccc(OC(F)F)c(OCC3CC3)c2)s1. The maximum absolute atomic E-state index is 13.6. The highest BCUT2D eigenvalue weighted by molar-refractivity contribution is 7.92. The Balaban J connectivity index is 1.41. The second-order valence-corrected chi connectivity index (χ2v) is 14.9. The lowest BCUT2D eigenvalue weighted by Crippen LogP contribution is -2.42. The summed E-state index contributed by atoms with van der Waals surface area (Å²) in [5.41, 5.74) is 0.668. The Morgan fingerprint density at radius 3 is 2.49 bits per heavy atom. The fourth-order valence-electron chi connectivity index (χ4n) is 4.92. The summed E-state index contributed by atoms with van der Waals surface area (Å²) < 4.78 is 75.2. The molecule has 2 aliphatic rings. The number of esters is 1. The fourth-order valence-corrected chi connectivity index (χ4v) is 7.66. The molecule has 1 saturated heterocycles. The van der Waals surface area contributed by atoms with Crippen LogP contribution in [0.5, 0.6) is 11.5 Å². The van der Waals surface area contributed by atoms with Gasteiger partial charge in [0.1, 0.15) is 26.0 Å². The summed E-state index contributed by atoms with van der Waals surface area (Å²) in [6.07, 6.45) is 4.06. The van der Waals surface area contributed by atoms with E-state index >= 15 is 0 Å². The number of hydrogen-bond donors (Lipinski definition) is 0. The van der Waals surface area contributed by atoms with Crippen LogP contribution in [0.3, 0.4) is 0 Å². The van der Waals surface area contributed by atoms with E-state index in [1.807, 2.05) is 0 Å². The van der Waals surface area contributed by atoms with Crippen LogP contribution in [0.4, 0.5) is 13.8 Å². The minimum atomic E-state index is -3.68. The number of alkyl halides is 2. The number of pyridine rings is 1. The van der Waals surface area contributed by atoms with Crippen LogP contribution in [0, 0.1) is 11.1 Å². The van der Waals surface area contributed by atoms with Gasteiger partial charge >= 0.3 is 12.6 Å². The van der Waals surface area contributed by atoms with Crippen molar-refractivity contribution in [3.8, 4) is 11.5 Å². The van der Waals surface area contributed by atoms with Gasteiger partial charge in [-0.05, 0) is 48.6 Å². The van der Waals surface area contributed by atoms with Crippen LogP contribution in [0.2, 0.25) is 10.0 Å². The number of morpholine rings is 1. The molecule has 0 unspecified atom stereocenters. The van der Waals surface area contributed by atoms with Crippen LogP contribution >= 0.6 is 34.5 Å². The molecule has 3 heterocycles. The minimum Gasteiger partial charge on any atom is -0.619 e. The van der Waals surface area contributed by atoms with Gasteiger partial charge in [0.2, 0.25) is 10.0 Å². The molecule has 11 nitrogen and oxygen atoms in total. The van der Waals surface area contributed by atoms with Crippen LogP contribution in [0.15, 0.2) is 42.7 Å². The Labute approximate surface area is 285 Å². The normalized spacial score (nSPS) is 16.2. The quantitative estimate of drug-likeness (QED) is 0.116. The Morgan fingerprint density at radius 2 is 1.85 bits per heavy atom. The molecule has 0 spiro atoms. The van der Waals surface area contributed by atoms with E-state index < -0.39 is 28.7 Å². The Bertz CT molecular complexity index is 1650. The number of carbonyl (C=O) groups is 1. The van der Waals surface area contributed by atoms with Gasteiger partial charge in [-0.25, -0.2) is 13.2 Å². The van der Waals surface area contributed by atoms with Crippen molar-refractivity contribution < 1.29 is 45.7 Å². The van der Waals surface area contributed by atoms with E-state index in [9.17, 15) is 27.2 Å². The molecular weight excluding hydrogens is 703 g/mol. The third-order valence-corrected chi connectivity index (χ3v) is 10.6. The molecule has 0 radical (unpaired) electrons. The second-order valence-electron chi connectivity index (χ2n) is 11.2. The summed E-state index contributed by atoms with van der Waals surface area (Å²) in [5, 5.41) is 12.3. The fraction of sp³-hybridized carbons (Fsp3) is 0.467. The zero-order valence-corrected chi connectivity index (χ0v) is 28.4. The predicted molar refractivity (Wildman–Crippen MR) is 172 cm³/mol. The van der Waals surface area contributed by atoms with Crippen molar-refractivity contribution in [1.29, 1.82) is 0 Å². The van der Waals surface area contributed by atoms with E-state index in [0.717, 1.165) is 42.8 Å². The summed E-state index contributed by atoms with van der Waals surface area (Å²) >= 11 is 13.6. The summed E-state index contributed by atoms with van der Waals surface area (Å²) in [6.45, 7) is 0.386.